The highest BCUT2D eigenvalue weighted by molar-refractivity contribution is 5.78. The average Bonchev–Trinajstić information content (AvgIpc) is 2.39. The summed E-state index contributed by atoms with van der Waals surface area (Å²) in [7, 11) is 1.53. The van der Waals surface area contributed by atoms with Crippen LogP contribution < -0.4 is 4.74 Å². The van der Waals surface area contributed by atoms with Gasteiger partial charge in [0.1, 0.15) is 11.4 Å². The van der Waals surface area contributed by atoms with E-state index in [1.54, 1.807) is 6.20 Å². The molecule has 0 radical (unpaired) electrons. The number of methoxy groups -OCH3 is 1. The van der Waals surface area contributed by atoms with Crippen molar-refractivity contribution in [2.75, 3.05) is 7.11 Å². The number of aldehydes is 1. The van der Waals surface area contributed by atoms with Crippen LogP contribution in [0.25, 0.3) is 11.1 Å². The van der Waals surface area contributed by atoms with Crippen LogP contribution >= 0.6 is 0 Å². The van der Waals surface area contributed by atoms with E-state index in [-0.39, 0.29) is 0 Å². The van der Waals surface area contributed by atoms with Crippen molar-refractivity contribution in [1.29, 1.82) is 0 Å². The monoisotopic (exact) mass is 213 g/mol. The van der Waals surface area contributed by atoms with E-state index in [1.807, 2.05) is 36.4 Å². The Hall–Kier alpha value is -2.16. The first-order valence-electron chi connectivity index (χ1n) is 4.90. The number of benzene rings is 1. The maximum atomic E-state index is 10.7. The molecule has 3 nitrogen and oxygen atoms in total. The Morgan fingerprint density at radius 2 is 1.94 bits per heavy atom. The molecule has 0 saturated carbocycles. The minimum Gasteiger partial charge on any atom is -0.494 e. The number of rotatable bonds is 3. The minimum absolute atomic E-state index is 0.321. The fourth-order valence-electron chi connectivity index (χ4n) is 1.50. The van der Waals surface area contributed by atoms with Gasteiger partial charge in [0.25, 0.3) is 0 Å². The van der Waals surface area contributed by atoms with Gasteiger partial charge in [-0.1, -0.05) is 30.3 Å². The molecule has 0 bridgehead atoms. The summed E-state index contributed by atoms with van der Waals surface area (Å²) in [6.45, 7) is 0. The molecule has 3 heteroatoms. The standard InChI is InChI=1S/C13H11NO2/c1-16-13-7-11(8-14-12(13)9-15)10-5-3-2-4-6-10/h2-9H,1H3. The molecule has 0 saturated heterocycles. The lowest BCUT2D eigenvalue weighted by Gasteiger charge is -2.06. The third-order valence-corrected chi connectivity index (χ3v) is 2.32. The average molecular weight is 213 g/mol. The highest BCUT2D eigenvalue weighted by Gasteiger charge is 2.05. The van der Waals surface area contributed by atoms with Gasteiger partial charge in [0.05, 0.1) is 7.11 Å². The molecule has 2 aromatic rings. The molecule has 0 atom stereocenters. The van der Waals surface area contributed by atoms with Gasteiger partial charge in [-0.2, -0.15) is 0 Å². The zero-order valence-electron chi connectivity index (χ0n) is 8.88. The van der Waals surface area contributed by atoms with Gasteiger partial charge in [-0.05, 0) is 11.6 Å². The molecule has 0 aliphatic rings. The molecule has 0 fully saturated rings. The molecule has 0 amide bonds. The van der Waals surface area contributed by atoms with Crippen LogP contribution in [0, 0.1) is 0 Å². The zero-order valence-corrected chi connectivity index (χ0v) is 8.88. The summed E-state index contributed by atoms with van der Waals surface area (Å²) in [5.74, 6) is 0.497. The number of aromatic nitrogens is 1. The van der Waals surface area contributed by atoms with Crippen molar-refractivity contribution < 1.29 is 9.53 Å². The molecule has 16 heavy (non-hydrogen) atoms. The van der Waals surface area contributed by atoms with E-state index in [4.69, 9.17) is 4.74 Å². The summed E-state index contributed by atoms with van der Waals surface area (Å²) in [5, 5.41) is 0. The second kappa shape index (κ2) is 4.57. The number of nitrogens with zero attached hydrogens (tertiary/aromatic N) is 1. The fraction of sp³-hybridized carbons (Fsp3) is 0.0769. The predicted molar refractivity (Wildman–Crippen MR) is 61.6 cm³/mol. The minimum atomic E-state index is 0.321. The van der Waals surface area contributed by atoms with Crippen LogP contribution in [0.3, 0.4) is 0 Å². The lowest BCUT2D eigenvalue weighted by molar-refractivity contribution is 0.111. The van der Waals surface area contributed by atoms with E-state index in [2.05, 4.69) is 4.98 Å². The topological polar surface area (TPSA) is 39.2 Å². The summed E-state index contributed by atoms with van der Waals surface area (Å²) >= 11 is 0. The van der Waals surface area contributed by atoms with E-state index in [0.29, 0.717) is 17.7 Å². The first-order valence-corrected chi connectivity index (χ1v) is 4.90. The molecule has 0 N–H and O–H groups in total. The van der Waals surface area contributed by atoms with E-state index >= 15 is 0 Å². The van der Waals surface area contributed by atoms with Crippen LogP contribution in [0.15, 0.2) is 42.6 Å². The Morgan fingerprint density at radius 1 is 1.19 bits per heavy atom. The Kier molecular flexibility index (Phi) is 2.96. The van der Waals surface area contributed by atoms with E-state index in [0.717, 1.165) is 11.1 Å². The lowest BCUT2D eigenvalue weighted by atomic mass is 10.1. The van der Waals surface area contributed by atoms with Crippen molar-refractivity contribution in [2.45, 2.75) is 0 Å². The van der Waals surface area contributed by atoms with E-state index in [9.17, 15) is 4.79 Å². The van der Waals surface area contributed by atoms with E-state index in [1.165, 1.54) is 7.11 Å². The maximum Gasteiger partial charge on any atom is 0.172 e. The van der Waals surface area contributed by atoms with Crippen molar-refractivity contribution in [2.24, 2.45) is 0 Å². The third kappa shape index (κ3) is 1.93. The van der Waals surface area contributed by atoms with Crippen LogP contribution in [0.5, 0.6) is 5.75 Å². The molecule has 80 valence electrons. The number of ether oxygens (including phenoxy) is 1. The molecule has 0 spiro atoms. The van der Waals surface area contributed by atoms with Gasteiger partial charge < -0.3 is 4.74 Å². The molecule has 0 aliphatic carbocycles. The maximum absolute atomic E-state index is 10.7. The molecule has 2 rings (SSSR count). The van der Waals surface area contributed by atoms with Crippen LogP contribution in [-0.2, 0) is 0 Å². The largest absolute Gasteiger partial charge is 0.494 e. The SMILES string of the molecule is COc1cc(-c2ccccc2)cnc1C=O. The summed E-state index contributed by atoms with van der Waals surface area (Å²) in [5.41, 5.74) is 2.30. The summed E-state index contributed by atoms with van der Waals surface area (Å²) in [6, 6.07) is 11.6. The smallest absolute Gasteiger partial charge is 0.172 e. The summed E-state index contributed by atoms with van der Waals surface area (Å²) < 4.78 is 5.10. The van der Waals surface area contributed by atoms with Gasteiger partial charge in [-0.15, -0.1) is 0 Å². The van der Waals surface area contributed by atoms with Crippen LogP contribution in [0.2, 0.25) is 0 Å². The first kappa shape index (κ1) is 10.4. The molecule has 0 aliphatic heterocycles. The Bertz CT molecular complexity index is 495. The van der Waals surface area contributed by atoms with Gasteiger partial charge in [-0.3, -0.25) is 4.79 Å². The summed E-state index contributed by atoms with van der Waals surface area (Å²) in [6.07, 6.45) is 2.36. The van der Waals surface area contributed by atoms with Gasteiger partial charge in [0.2, 0.25) is 0 Å². The molecule has 1 aromatic heterocycles. The number of carbonyl (C=O) groups is 1. The van der Waals surface area contributed by atoms with Crippen molar-refractivity contribution in [3.63, 3.8) is 0 Å². The van der Waals surface area contributed by atoms with Gasteiger partial charge in [-0.25, -0.2) is 4.98 Å². The van der Waals surface area contributed by atoms with Crippen molar-refractivity contribution in [3.05, 3.63) is 48.3 Å². The van der Waals surface area contributed by atoms with Crippen molar-refractivity contribution >= 4 is 6.29 Å². The number of carbonyl (C=O) groups excluding carboxylic acids is 1. The van der Waals surface area contributed by atoms with Gasteiger partial charge in [0.15, 0.2) is 6.29 Å². The molecular weight excluding hydrogens is 202 g/mol. The Balaban J connectivity index is 2.48. The molecular formula is C13H11NO2. The molecule has 1 aromatic carbocycles. The second-order valence-electron chi connectivity index (χ2n) is 3.30. The van der Waals surface area contributed by atoms with E-state index < -0.39 is 0 Å². The number of hydrogen-bond donors (Lipinski definition) is 0. The first-order chi connectivity index (χ1) is 7.85. The van der Waals surface area contributed by atoms with Crippen molar-refractivity contribution in [1.82, 2.24) is 4.98 Å². The predicted octanol–water partition coefficient (Wildman–Crippen LogP) is 2.57. The van der Waals surface area contributed by atoms with Crippen molar-refractivity contribution in [3.8, 4) is 16.9 Å². The quantitative estimate of drug-likeness (QED) is 0.735. The summed E-state index contributed by atoms with van der Waals surface area (Å²) in [4.78, 5) is 14.7. The van der Waals surface area contributed by atoms with Gasteiger partial charge in [0, 0.05) is 11.8 Å². The van der Waals surface area contributed by atoms with Gasteiger partial charge >= 0.3 is 0 Å². The molecule has 0 unspecified atom stereocenters. The number of hydrogen-bond acceptors (Lipinski definition) is 3. The highest BCUT2D eigenvalue weighted by Crippen LogP contribution is 2.24. The molecule has 1 heterocycles. The Morgan fingerprint density at radius 3 is 2.56 bits per heavy atom. The second-order valence-corrected chi connectivity index (χ2v) is 3.30. The lowest BCUT2D eigenvalue weighted by Crippen LogP contribution is -1.94. The highest BCUT2D eigenvalue weighted by atomic mass is 16.5. The Labute approximate surface area is 93.7 Å². The number of pyridine rings is 1. The normalized spacial score (nSPS) is 9.81. The van der Waals surface area contributed by atoms with Crippen LogP contribution in [0.1, 0.15) is 10.5 Å². The third-order valence-electron chi connectivity index (χ3n) is 2.32. The zero-order chi connectivity index (χ0) is 11.4. The van der Waals surface area contributed by atoms with Crippen LogP contribution in [-0.4, -0.2) is 18.4 Å². The van der Waals surface area contributed by atoms with Crippen LogP contribution in [0.4, 0.5) is 0 Å². The fourth-order valence-corrected chi connectivity index (χ4v) is 1.50.